The van der Waals surface area contributed by atoms with Crippen LogP contribution in [-0.4, -0.2) is 31.4 Å². The summed E-state index contributed by atoms with van der Waals surface area (Å²) in [6.07, 6.45) is 3.70. The fraction of sp³-hybridized carbons (Fsp3) is 0.455. The third kappa shape index (κ3) is 2.15. The van der Waals surface area contributed by atoms with E-state index in [1.165, 1.54) is 18.2 Å². The lowest BCUT2D eigenvalue weighted by Gasteiger charge is -2.37. The lowest BCUT2D eigenvalue weighted by molar-refractivity contribution is -0.135. The van der Waals surface area contributed by atoms with E-state index in [0.717, 1.165) is 0 Å². The van der Waals surface area contributed by atoms with Crippen molar-refractivity contribution in [1.29, 1.82) is 0 Å². The minimum atomic E-state index is -0.251. The molecular weight excluding hydrogens is 196 g/mol. The molecule has 1 aliphatic carbocycles. The lowest BCUT2D eigenvalue weighted by atomic mass is 9.90. The summed E-state index contributed by atoms with van der Waals surface area (Å²) in [7, 11) is 0. The van der Waals surface area contributed by atoms with Crippen molar-refractivity contribution in [2.75, 3.05) is 19.8 Å². The first-order valence-corrected chi connectivity index (χ1v) is 4.78. The molecule has 0 atom stereocenters. The maximum Gasteiger partial charge on any atom is 0.220 e. The molecule has 0 aromatic rings. The van der Waals surface area contributed by atoms with E-state index in [1.54, 1.807) is 0 Å². The Balaban J connectivity index is 1.94. The molecule has 0 spiro atoms. The van der Waals surface area contributed by atoms with Gasteiger partial charge in [0.2, 0.25) is 5.78 Å². The van der Waals surface area contributed by atoms with Crippen LogP contribution in [-0.2, 0) is 19.1 Å². The van der Waals surface area contributed by atoms with Gasteiger partial charge in [-0.2, -0.15) is 0 Å². The van der Waals surface area contributed by atoms with Gasteiger partial charge in [0, 0.05) is 11.5 Å². The molecule has 0 aromatic heterocycles. The number of ketones is 2. The Morgan fingerprint density at radius 3 is 2.73 bits per heavy atom. The zero-order chi connectivity index (χ0) is 10.9. The number of carbonyl (C=O) groups is 2. The molecule has 0 N–H and O–H groups in total. The third-order valence-electron chi connectivity index (χ3n) is 2.39. The Morgan fingerprint density at radius 2 is 2.13 bits per heavy atom. The second-order valence-electron chi connectivity index (χ2n) is 4.20. The molecule has 0 unspecified atom stereocenters. The maximum atomic E-state index is 11.3. The minimum Gasteiger partial charge on any atom is -0.489 e. The van der Waals surface area contributed by atoms with Gasteiger partial charge >= 0.3 is 0 Å². The summed E-state index contributed by atoms with van der Waals surface area (Å²) in [5.74, 6) is -0.325. The number of allylic oxidation sites excluding steroid dienone is 3. The van der Waals surface area contributed by atoms with E-state index in [2.05, 4.69) is 0 Å². The molecule has 2 rings (SSSR count). The molecule has 0 amide bonds. The highest BCUT2D eigenvalue weighted by molar-refractivity contribution is 6.16. The van der Waals surface area contributed by atoms with Gasteiger partial charge in [-0.3, -0.25) is 9.59 Å². The summed E-state index contributed by atoms with van der Waals surface area (Å²) >= 11 is 0. The second kappa shape index (κ2) is 3.62. The molecule has 1 saturated heterocycles. The van der Waals surface area contributed by atoms with E-state index in [-0.39, 0.29) is 22.7 Å². The van der Waals surface area contributed by atoms with Crippen molar-refractivity contribution in [1.82, 2.24) is 0 Å². The summed E-state index contributed by atoms with van der Waals surface area (Å²) < 4.78 is 10.4. The molecule has 1 aliphatic heterocycles. The van der Waals surface area contributed by atoms with Crippen molar-refractivity contribution in [2.24, 2.45) is 5.41 Å². The molecule has 0 saturated carbocycles. The highest BCUT2D eigenvalue weighted by Crippen LogP contribution is 2.27. The molecule has 0 aromatic carbocycles. The zero-order valence-electron chi connectivity index (χ0n) is 8.49. The average molecular weight is 208 g/mol. The van der Waals surface area contributed by atoms with Crippen molar-refractivity contribution in [2.45, 2.75) is 6.92 Å². The van der Waals surface area contributed by atoms with Crippen LogP contribution < -0.4 is 0 Å². The van der Waals surface area contributed by atoms with E-state index in [9.17, 15) is 9.59 Å². The Hall–Kier alpha value is -1.42. The van der Waals surface area contributed by atoms with Crippen molar-refractivity contribution in [3.8, 4) is 0 Å². The van der Waals surface area contributed by atoms with Gasteiger partial charge in [-0.15, -0.1) is 0 Å². The highest BCUT2D eigenvalue weighted by atomic mass is 16.5. The number of ether oxygens (including phenoxy) is 2. The fourth-order valence-electron chi connectivity index (χ4n) is 1.39. The normalized spacial score (nSPS) is 23.4. The van der Waals surface area contributed by atoms with Crippen LogP contribution in [0.2, 0.25) is 0 Å². The SMILES string of the molecule is CC1(COC2=CC(=O)C=CC2=O)COC1. The predicted octanol–water partition coefficient (Wildman–Crippen LogP) is 0.631. The summed E-state index contributed by atoms with van der Waals surface area (Å²) in [4.78, 5) is 22.3. The molecule has 1 fully saturated rings. The van der Waals surface area contributed by atoms with Gasteiger partial charge in [0.25, 0.3) is 0 Å². The number of hydrogen-bond donors (Lipinski definition) is 0. The number of carbonyl (C=O) groups excluding carboxylic acids is 2. The summed E-state index contributed by atoms with van der Waals surface area (Å²) in [6, 6.07) is 0. The van der Waals surface area contributed by atoms with E-state index in [4.69, 9.17) is 9.47 Å². The fourth-order valence-corrected chi connectivity index (χ4v) is 1.39. The second-order valence-corrected chi connectivity index (χ2v) is 4.20. The van der Waals surface area contributed by atoms with Gasteiger partial charge in [0.05, 0.1) is 19.8 Å². The van der Waals surface area contributed by atoms with E-state index in [0.29, 0.717) is 19.8 Å². The van der Waals surface area contributed by atoms with E-state index in [1.807, 2.05) is 6.92 Å². The summed E-state index contributed by atoms with van der Waals surface area (Å²) in [6.45, 7) is 3.70. The first-order valence-electron chi connectivity index (χ1n) is 4.78. The third-order valence-corrected chi connectivity index (χ3v) is 2.39. The van der Waals surface area contributed by atoms with Gasteiger partial charge in [0.15, 0.2) is 11.5 Å². The van der Waals surface area contributed by atoms with Crippen LogP contribution in [0.15, 0.2) is 24.0 Å². The van der Waals surface area contributed by atoms with Gasteiger partial charge in [0.1, 0.15) is 0 Å². The van der Waals surface area contributed by atoms with Gasteiger partial charge in [-0.05, 0) is 12.2 Å². The monoisotopic (exact) mass is 208 g/mol. The Labute approximate surface area is 87.5 Å². The van der Waals surface area contributed by atoms with Crippen LogP contribution in [0.1, 0.15) is 6.92 Å². The summed E-state index contributed by atoms with van der Waals surface area (Å²) in [5, 5.41) is 0. The highest BCUT2D eigenvalue weighted by Gasteiger charge is 2.35. The molecule has 2 aliphatic rings. The van der Waals surface area contributed by atoms with Crippen LogP contribution in [0.25, 0.3) is 0 Å². The first kappa shape index (κ1) is 10.1. The maximum absolute atomic E-state index is 11.3. The van der Waals surface area contributed by atoms with E-state index >= 15 is 0 Å². The van der Waals surface area contributed by atoms with Crippen molar-refractivity contribution < 1.29 is 19.1 Å². The van der Waals surface area contributed by atoms with Gasteiger partial charge < -0.3 is 9.47 Å². The molecule has 15 heavy (non-hydrogen) atoms. The molecule has 1 heterocycles. The van der Waals surface area contributed by atoms with Crippen molar-refractivity contribution in [3.05, 3.63) is 24.0 Å². The van der Waals surface area contributed by atoms with Crippen LogP contribution in [0.3, 0.4) is 0 Å². The van der Waals surface area contributed by atoms with Crippen LogP contribution in [0.5, 0.6) is 0 Å². The van der Waals surface area contributed by atoms with Gasteiger partial charge in [-0.1, -0.05) is 6.92 Å². The Morgan fingerprint density at radius 1 is 1.40 bits per heavy atom. The lowest BCUT2D eigenvalue weighted by Crippen LogP contribution is -2.43. The minimum absolute atomic E-state index is 0.0225. The Bertz CT molecular complexity index is 361. The molecule has 4 nitrogen and oxygen atoms in total. The van der Waals surface area contributed by atoms with Gasteiger partial charge in [-0.25, -0.2) is 0 Å². The molecule has 80 valence electrons. The molecular formula is C11H12O4. The number of hydrogen-bond acceptors (Lipinski definition) is 4. The molecule has 4 heteroatoms. The van der Waals surface area contributed by atoms with Crippen molar-refractivity contribution >= 4 is 11.6 Å². The quantitative estimate of drug-likeness (QED) is 0.638. The Kier molecular flexibility index (Phi) is 2.44. The largest absolute Gasteiger partial charge is 0.489 e. The molecule has 0 bridgehead atoms. The predicted molar refractivity (Wildman–Crippen MR) is 52.1 cm³/mol. The van der Waals surface area contributed by atoms with E-state index < -0.39 is 0 Å². The van der Waals surface area contributed by atoms with Crippen LogP contribution in [0, 0.1) is 5.41 Å². The van der Waals surface area contributed by atoms with Crippen molar-refractivity contribution in [3.63, 3.8) is 0 Å². The number of rotatable bonds is 3. The summed E-state index contributed by atoms with van der Waals surface area (Å²) in [5.41, 5.74) is -0.0225. The standard InChI is InChI=1S/C11H12O4/c1-11(5-14-6-11)7-15-10-4-8(12)2-3-9(10)13/h2-4H,5-7H2,1H3. The smallest absolute Gasteiger partial charge is 0.220 e. The first-order chi connectivity index (χ1) is 7.09. The zero-order valence-corrected chi connectivity index (χ0v) is 8.49. The topological polar surface area (TPSA) is 52.6 Å². The van der Waals surface area contributed by atoms with Crippen LogP contribution >= 0.6 is 0 Å². The molecule has 0 radical (unpaired) electrons. The van der Waals surface area contributed by atoms with Crippen LogP contribution in [0.4, 0.5) is 0 Å². The average Bonchev–Trinajstić information content (AvgIpc) is 2.17.